The van der Waals surface area contributed by atoms with E-state index >= 15 is 0 Å². The molecule has 0 spiro atoms. The third-order valence-corrected chi connectivity index (χ3v) is 1.86. The first-order chi connectivity index (χ1) is 7.27. The molecule has 0 unspecified atom stereocenters. The zero-order valence-corrected chi connectivity index (χ0v) is 7.85. The minimum absolute atomic E-state index is 0.194. The fourth-order valence-electron chi connectivity index (χ4n) is 1.17. The van der Waals surface area contributed by atoms with Crippen LogP contribution in [0.15, 0.2) is 6.07 Å². The van der Waals surface area contributed by atoms with Gasteiger partial charge < -0.3 is 11.5 Å². The summed E-state index contributed by atoms with van der Waals surface area (Å²) in [6.07, 6.45) is -7.99. The van der Waals surface area contributed by atoms with E-state index in [9.17, 15) is 22.0 Å². The Morgan fingerprint density at radius 3 is 2.25 bits per heavy atom. The summed E-state index contributed by atoms with van der Waals surface area (Å²) < 4.78 is 61.7. The second-order valence-electron chi connectivity index (χ2n) is 2.97. The third kappa shape index (κ3) is 2.38. The van der Waals surface area contributed by atoms with Crippen LogP contribution >= 0.6 is 0 Å². The third-order valence-electron chi connectivity index (χ3n) is 1.86. The van der Waals surface area contributed by atoms with Crippen LogP contribution in [0.3, 0.4) is 0 Å². The van der Waals surface area contributed by atoms with E-state index in [4.69, 9.17) is 11.5 Å². The highest BCUT2D eigenvalue weighted by molar-refractivity contribution is 5.48. The Bertz CT molecular complexity index is 388. The molecule has 0 aliphatic rings. The molecule has 0 fully saturated rings. The van der Waals surface area contributed by atoms with Gasteiger partial charge in [0, 0.05) is 6.54 Å². The molecule has 0 atom stereocenters. The van der Waals surface area contributed by atoms with Crippen LogP contribution in [0.1, 0.15) is 23.4 Å². The van der Waals surface area contributed by atoms with Crippen LogP contribution in [0, 0.1) is 0 Å². The van der Waals surface area contributed by atoms with Gasteiger partial charge in [-0.25, -0.2) is 13.8 Å². The van der Waals surface area contributed by atoms with Gasteiger partial charge in [-0.2, -0.15) is 13.2 Å². The number of nitrogens with two attached hydrogens (primary N) is 2. The van der Waals surface area contributed by atoms with E-state index in [1.54, 1.807) is 0 Å². The smallest absolute Gasteiger partial charge is 0.397 e. The van der Waals surface area contributed by atoms with Crippen LogP contribution < -0.4 is 11.5 Å². The molecule has 0 aromatic carbocycles. The normalized spacial score (nSPS) is 12.2. The summed E-state index contributed by atoms with van der Waals surface area (Å²) >= 11 is 0. The number of alkyl halides is 5. The van der Waals surface area contributed by atoms with E-state index in [1.807, 2.05) is 0 Å². The first kappa shape index (κ1) is 12.6. The number of aromatic nitrogens is 1. The molecule has 3 nitrogen and oxygen atoms in total. The van der Waals surface area contributed by atoms with Gasteiger partial charge in [-0.05, 0) is 11.6 Å². The van der Waals surface area contributed by atoms with Crippen molar-refractivity contribution in [2.45, 2.75) is 19.1 Å². The predicted octanol–water partition coefficient (Wildman–Crippen LogP) is 2.08. The average molecular weight is 241 g/mol. The molecule has 0 amide bonds. The van der Waals surface area contributed by atoms with Gasteiger partial charge in [0.15, 0.2) is 5.69 Å². The number of hydrogen-bond donors (Lipinski definition) is 2. The lowest BCUT2D eigenvalue weighted by atomic mass is 10.1. The standard InChI is InChI=1S/C8H8F5N3/c9-7(10)5-3(2-14)1-4(15)6(16-5)8(11,12)13/h1,7H,2,14-15H2. The first-order valence-corrected chi connectivity index (χ1v) is 4.12. The summed E-state index contributed by atoms with van der Waals surface area (Å²) in [6.45, 7) is -0.352. The molecule has 0 aliphatic carbocycles. The summed E-state index contributed by atoms with van der Waals surface area (Å²) in [7, 11) is 0. The SMILES string of the molecule is NCc1cc(N)c(C(F)(F)F)nc1C(F)F. The first-order valence-electron chi connectivity index (χ1n) is 4.12. The minimum atomic E-state index is -4.86. The van der Waals surface area contributed by atoms with Gasteiger partial charge in [0.1, 0.15) is 5.69 Å². The van der Waals surface area contributed by atoms with Gasteiger partial charge in [-0.15, -0.1) is 0 Å². The van der Waals surface area contributed by atoms with Crippen LogP contribution in [-0.4, -0.2) is 4.98 Å². The molecule has 1 rings (SSSR count). The number of pyridine rings is 1. The highest BCUT2D eigenvalue weighted by Gasteiger charge is 2.36. The predicted molar refractivity (Wildman–Crippen MR) is 46.5 cm³/mol. The number of nitrogen functional groups attached to an aromatic ring is 1. The van der Waals surface area contributed by atoms with Crippen molar-refractivity contribution < 1.29 is 22.0 Å². The highest BCUT2D eigenvalue weighted by atomic mass is 19.4. The Kier molecular flexibility index (Phi) is 3.32. The Hall–Kier alpha value is -1.44. The van der Waals surface area contributed by atoms with Crippen molar-refractivity contribution >= 4 is 5.69 Å². The lowest BCUT2D eigenvalue weighted by Gasteiger charge is -2.13. The molecule has 16 heavy (non-hydrogen) atoms. The molecule has 8 heteroatoms. The Morgan fingerprint density at radius 1 is 1.31 bits per heavy atom. The minimum Gasteiger partial charge on any atom is -0.397 e. The lowest BCUT2D eigenvalue weighted by molar-refractivity contribution is -0.140. The summed E-state index contributed by atoms with van der Waals surface area (Å²) in [5.74, 6) is 0. The molecule has 0 bridgehead atoms. The molecule has 90 valence electrons. The number of hydrogen-bond acceptors (Lipinski definition) is 3. The van der Waals surface area contributed by atoms with Crippen molar-refractivity contribution in [3.05, 3.63) is 23.0 Å². The average Bonchev–Trinajstić information content (AvgIpc) is 2.14. The quantitative estimate of drug-likeness (QED) is 0.779. The van der Waals surface area contributed by atoms with Crippen molar-refractivity contribution in [2.24, 2.45) is 5.73 Å². The highest BCUT2D eigenvalue weighted by Crippen LogP contribution is 2.34. The van der Waals surface area contributed by atoms with Gasteiger partial charge >= 0.3 is 6.18 Å². The maximum absolute atomic E-state index is 12.4. The van der Waals surface area contributed by atoms with E-state index in [1.165, 1.54) is 0 Å². The van der Waals surface area contributed by atoms with Gasteiger partial charge in [0.2, 0.25) is 0 Å². The fourth-order valence-corrected chi connectivity index (χ4v) is 1.17. The van der Waals surface area contributed by atoms with Crippen LogP contribution in [0.25, 0.3) is 0 Å². The number of nitrogens with zero attached hydrogens (tertiary/aromatic N) is 1. The Labute approximate surface area is 87.3 Å². The zero-order valence-electron chi connectivity index (χ0n) is 7.85. The monoisotopic (exact) mass is 241 g/mol. The van der Waals surface area contributed by atoms with E-state index in [0.717, 1.165) is 6.07 Å². The van der Waals surface area contributed by atoms with Gasteiger partial charge in [0.25, 0.3) is 6.43 Å². The fraction of sp³-hybridized carbons (Fsp3) is 0.375. The van der Waals surface area contributed by atoms with Crippen LogP contribution in [0.2, 0.25) is 0 Å². The molecule has 0 saturated heterocycles. The molecule has 1 heterocycles. The topological polar surface area (TPSA) is 64.9 Å². The summed E-state index contributed by atoms with van der Waals surface area (Å²) in [5.41, 5.74) is 6.77. The van der Waals surface area contributed by atoms with E-state index in [-0.39, 0.29) is 12.1 Å². The molecule has 0 aliphatic heterocycles. The van der Waals surface area contributed by atoms with Crippen molar-refractivity contribution in [3.8, 4) is 0 Å². The van der Waals surface area contributed by atoms with Crippen molar-refractivity contribution in [1.29, 1.82) is 0 Å². The lowest BCUT2D eigenvalue weighted by Crippen LogP contribution is -2.16. The van der Waals surface area contributed by atoms with E-state index < -0.39 is 29.7 Å². The maximum Gasteiger partial charge on any atom is 0.435 e. The molecule has 0 saturated carbocycles. The number of anilines is 1. The number of halogens is 5. The van der Waals surface area contributed by atoms with Crippen LogP contribution in [0.5, 0.6) is 0 Å². The molecule has 4 N–H and O–H groups in total. The molecule has 1 aromatic rings. The summed E-state index contributed by atoms with van der Waals surface area (Å²) in [6, 6.07) is 0.775. The summed E-state index contributed by atoms with van der Waals surface area (Å²) in [4.78, 5) is 2.83. The second kappa shape index (κ2) is 4.20. The molecular weight excluding hydrogens is 233 g/mol. The van der Waals surface area contributed by atoms with Gasteiger partial charge in [-0.1, -0.05) is 0 Å². The van der Waals surface area contributed by atoms with E-state index in [0.29, 0.717) is 0 Å². The van der Waals surface area contributed by atoms with Crippen molar-refractivity contribution in [3.63, 3.8) is 0 Å². The van der Waals surface area contributed by atoms with Crippen molar-refractivity contribution in [2.75, 3.05) is 5.73 Å². The number of rotatable bonds is 2. The van der Waals surface area contributed by atoms with E-state index in [2.05, 4.69) is 4.98 Å². The largest absolute Gasteiger partial charge is 0.435 e. The Balaban J connectivity index is 3.39. The molecule has 0 radical (unpaired) electrons. The summed E-state index contributed by atoms with van der Waals surface area (Å²) in [5, 5.41) is 0. The Morgan fingerprint density at radius 2 is 1.88 bits per heavy atom. The van der Waals surface area contributed by atoms with Crippen LogP contribution in [-0.2, 0) is 12.7 Å². The molecule has 1 aromatic heterocycles. The second-order valence-corrected chi connectivity index (χ2v) is 2.97. The molecular formula is C8H8F5N3. The maximum atomic E-state index is 12.4. The van der Waals surface area contributed by atoms with Gasteiger partial charge in [0.05, 0.1) is 5.69 Å². The zero-order chi connectivity index (χ0) is 12.5. The van der Waals surface area contributed by atoms with Crippen LogP contribution in [0.4, 0.5) is 27.6 Å². The van der Waals surface area contributed by atoms with Gasteiger partial charge in [-0.3, -0.25) is 0 Å². The van der Waals surface area contributed by atoms with Crippen molar-refractivity contribution in [1.82, 2.24) is 4.98 Å².